The van der Waals surface area contributed by atoms with Crippen LogP contribution in [0.25, 0.3) is 0 Å². The van der Waals surface area contributed by atoms with Crippen molar-refractivity contribution in [1.29, 1.82) is 0 Å². The predicted octanol–water partition coefficient (Wildman–Crippen LogP) is 2.52. The van der Waals surface area contributed by atoms with Crippen molar-refractivity contribution in [3.05, 3.63) is 23.8 Å². The molecule has 0 saturated carbocycles. The molecule has 0 spiro atoms. The van der Waals surface area contributed by atoms with Crippen molar-refractivity contribution in [2.24, 2.45) is 5.73 Å². The second kappa shape index (κ2) is 6.07. The van der Waals surface area contributed by atoms with E-state index in [0.717, 1.165) is 17.1 Å². The summed E-state index contributed by atoms with van der Waals surface area (Å²) < 4.78 is 16.2. The van der Waals surface area contributed by atoms with E-state index in [4.69, 9.17) is 19.9 Å². The van der Waals surface area contributed by atoms with Crippen molar-refractivity contribution in [2.75, 3.05) is 20.8 Å². The SMILES string of the molecule is COc1ccc(C(N)COC(C)(C)C)c(OC)c1. The Kier molecular flexibility index (Phi) is 4.99. The zero-order chi connectivity index (χ0) is 13.8. The van der Waals surface area contributed by atoms with E-state index in [9.17, 15) is 0 Å². The van der Waals surface area contributed by atoms with Gasteiger partial charge in [0, 0.05) is 11.6 Å². The molecule has 0 bridgehead atoms. The number of hydrogen-bond acceptors (Lipinski definition) is 4. The maximum atomic E-state index is 6.12. The van der Waals surface area contributed by atoms with Crippen molar-refractivity contribution in [3.63, 3.8) is 0 Å². The Morgan fingerprint density at radius 1 is 1.17 bits per heavy atom. The first-order valence-corrected chi connectivity index (χ1v) is 5.99. The lowest BCUT2D eigenvalue weighted by Crippen LogP contribution is -2.26. The minimum atomic E-state index is -0.218. The van der Waals surface area contributed by atoms with Crippen molar-refractivity contribution >= 4 is 0 Å². The molecular formula is C14H23NO3. The Hall–Kier alpha value is -1.26. The summed E-state index contributed by atoms with van der Waals surface area (Å²) in [6, 6.07) is 5.39. The molecule has 0 amide bonds. The van der Waals surface area contributed by atoms with Crippen LogP contribution in [0.2, 0.25) is 0 Å². The molecule has 1 atom stereocenters. The van der Waals surface area contributed by atoms with Crippen LogP contribution in [0, 0.1) is 0 Å². The highest BCUT2D eigenvalue weighted by molar-refractivity contribution is 5.42. The van der Waals surface area contributed by atoms with E-state index < -0.39 is 0 Å². The normalized spacial score (nSPS) is 13.2. The van der Waals surface area contributed by atoms with Gasteiger partial charge in [-0.2, -0.15) is 0 Å². The first kappa shape index (κ1) is 14.8. The summed E-state index contributed by atoms with van der Waals surface area (Å²) in [7, 11) is 3.24. The number of nitrogens with two attached hydrogens (primary N) is 1. The van der Waals surface area contributed by atoms with Crippen LogP contribution >= 0.6 is 0 Å². The van der Waals surface area contributed by atoms with Crippen molar-refractivity contribution in [3.8, 4) is 11.5 Å². The molecule has 1 rings (SSSR count). The summed E-state index contributed by atoms with van der Waals surface area (Å²) >= 11 is 0. The summed E-state index contributed by atoms with van der Waals surface area (Å²) in [6.45, 7) is 6.47. The van der Waals surface area contributed by atoms with Gasteiger partial charge in [-0.3, -0.25) is 0 Å². The molecule has 0 aliphatic rings. The lowest BCUT2D eigenvalue weighted by molar-refractivity contribution is -0.0104. The third-order valence-electron chi connectivity index (χ3n) is 2.54. The molecule has 0 heterocycles. The molecule has 4 nitrogen and oxygen atoms in total. The molecule has 2 N–H and O–H groups in total. The second-order valence-electron chi connectivity index (χ2n) is 5.14. The van der Waals surface area contributed by atoms with Crippen LogP contribution < -0.4 is 15.2 Å². The van der Waals surface area contributed by atoms with Gasteiger partial charge in [-0.15, -0.1) is 0 Å². The number of methoxy groups -OCH3 is 2. The standard InChI is InChI=1S/C14H23NO3/c1-14(2,3)18-9-12(15)11-7-6-10(16-4)8-13(11)17-5/h6-8,12H,9,15H2,1-5H3. The van der Waals surface area contributed by atoms with E-state index >= 15 is 0 Å². The van der Waals surface area contributed by atoms with Gasteiger partial charge in [-0.1, -0.05) is 0 Å². The fourth-order valence-corrected chi connectivity index (χ4v) is 1.55. The monoisotopic (exact) mass is 253 g/mol. The fraction of sp³-hybridized carbons (Fsp3) is 0.571. The quantitative estimate of drug-likeness (QED) is 0.876. The average Bonchev–Trinajstić information content (AvgIpc) is 2.34. The zero-order valence-electron chi connectivity index (χ0n) is 11.8. The second-order valence-corrected chi connectivity index (χ2v) is 5.14. The van der Waals surface area contributed by atoms with Gasteiger partial charge in [0.1, 0.15) is 11.5 Å². The minimum Gasteiger partial charge on any atom is -0.497 e. The van der Waals surface area contributed by atoms with Crippen molar-refractivity contribution in [2.45, 2.75) is 32.4 Å². The van der Waals surface area contributed by atoms with Gasteiger partial charge < -0.3 is 19.9 Å². The lowest BCUT2D eigenvalue weighted by Gasteiger charge is -2.23. The highest BCUT2D eigenvalue weighted by atomic mass is 16.5. The summed E-state index contributed by atoms with van der Waals surface area (Å²) in [5.74, 6) is 1.47. The Bertz CT molecular complexity index is 385. The Morgan fingerprint density at radius 3 is 2.33 bits per heavy atom. The van der Waals surface area contributed by atoms with Crippen LogP contribution in [0.5, 0.6) is 11.5 Å². The van der Waals surface area contributed by atoms with E-state index in [1.165, 1.54) is 0 Å². The van der Waals surface area contributed by atoms with Crippen LogP contribution in [-0.4, -0.2) is 26.4 Å². The molecule has 1 aromatic carbocycles. The van der Waals surface area contributed by atoms with Gasteiger partial charge in [-0.05, 0) is 32.9 Å². The van der Waals surface area contributed by atoms with E-state index in [1.807, 2.05) is 39.0 Å². The molecule has 0 saturated heterocycles. The molecule has 4 heteroatoms. The maximum Gasteiger partial charge on any atom is 0.127 e. The highest BCUT2D eigenvalue weighted by Gasteiger charge is 2.17. The van der Waals surface area contributed by atoms with E-state index in [-0.39, 0.29) is 11.6 Å². The van der Waals surface area contributed by atoms with E-state index in [1.54, 1.807) is 14.2 Å². The van der Waals surface area contributed by atoms with Gasteiger partial charge in [0.25, 0.3) is 0 Å². The minimum absolute atomic E-state index is 0.197. The Morgan fingerprint density at radius 2 is 1.83 bits per heavy atom. The van der Waals surface area contributed by atoms with Crippen LogP contribution in [0.3, 0.4) is 0 Å². The molecule has 0 aliphatic heterocycles. The molecule has 0 aliphatic carbocycles. The highest BCUT2D eigenvalue weighted by Crippen LogP contribution is 2.29. The third-order valence-corrected chi connectivity index (χ3v) is 2.54. The summed E-state index contributed by atoms with van der Waals surface area (Å²) in [6.07, 6.45) is 0. The fourth-order valence-electron chi connectivity index (χ4n) is 1.55. The molecule has 0 radical (unpaired) electrons. The van der Waals surface area contributed by atoms with E-state index in [0.29, 0.717) is 6.61 Å². The molecule has 102 valence electrons. The van der Waals surface area contributed by atoms with E-state index in [2.05, 4.69) is 0 Å². The maximum absolute atomic E-state index is 6.12. The number of rotatable bonds is 5. The van der Waals surface area contributed by atoms with Gasteiger partial charge in [0.05, 0.1) is 32.5 Å². The number of ether oxygens (including phenoxy) is 3. The van der Waals surface area contributed by atoms with Gasteiger partial charge >= 0.3 is 0 Å². The number of benzene rings is 1. The first-order valence-electron chi connectivity index (χ1n) is 5.99. The van der Waals surface area contributed by atoms with Gasteiger partial charge in [-0.25, -0.2) is 0 Å². The van der Waals surface area contributed by atoms with Crippen LogP contribution in [0.1, 0.15) is 32.4 Å². The molecule has 1 aromatic rings. The Labute approximate surface area is 109 Å². The average molecular weight is 253 g/mol. The molecular weight excluding hydrogens is 230 g/mol. The summed E-state index contributed by atoms with van der Waals surface area (Å²) in [5, 5.41) is 0. The molecule has 1 unspecified atom stereocenters. The lowest BCUT2D eigenvalue weighted by atomic mass is 10.1. The molecule has 0 fully saturated rings. The molecule has 0 aromatic heterocycles. The smallest absolute Gasteiger partial charge is 0.127 e. The van der Waals surface area contributed by atoms with Crippen LogP contribution in [0.4, 0.5) is 0 Å². The third kappa shape index (κ3) is 4.20. The topological polar surface area (TPSA) is 53.7 Å². The summed E-state index contributed by atoms with van der Waals surface area (Å²) in [4.78, 5) is 0. The predicted molar refractivity (Wildman–Crippen MR) is 72.2 cm³/mol. The van der Waals surface area contributed by atoms with Crippen molar-refractivity contribution in [1.82, 2.24) is 0 Å². The first-order chi connectivity index (χ1) is 8.37. The van der Waals surface area contributed by atoms with Crippen LogP contribution in [-0.2, 0) is 4.74 Å². The van der Waals surface area contributed by atoms with Crippen LogP contribution in [0.15, 0.2) is 18.2 Å². The zero-order valence-corrected chi connectivity index (χ0v) is 11.8. The largest absolute Gasteiger partial charge is 0.497 e. The van der Waals surface area contributed by atoms with Gasteiger partial charge in [0.2, 0.25) is 0 Å². The Balaban J connectivity index is 2.81. The molecule has 18 heavy (non-hydrogen) atoms. The summed E-state index contributed by atoms with van der Waals surface area (Å²) in [5.41, 5.74) is 6.85. The van der Waals surface area contributed by atoms with Crippen molar-refractivity contribution < 1.29 is 14.2 Å². The van der Waals surface area contributed by atoms with Gasteiger partial charge in [0.15, 0.2) is 0 Å². The number of hydrogen-bond donors (Lipinski definition) is 1.